The van der Waals surface area contributed by atoms with Gasteiger partial charge in [-0.2, -0.15) is 5.10 Å². The molecule has 96 valence electrons. The van der Waals surface area contributed by atoms with E-state index in [1.165, 1.54) is 5.56 Å². The molecule has 0 saturated heterocycles. The number of nitrogens with two attached hydrogens (primary N) is 1. The second-order valence-electron chi connectivity index (χ2n) is 4.08. The first-order chi connectivity index (χ1) is 8.69. The van der Waals surface area contributed by atoms with Gasteiger partial charge in [0, 0.05) is 36.2 Å². The number of nitrogens with zero attached hydrogens (tertiary/aromatic N) is 2. The maximum absolute atomic E-state index is 5.76. The molecule has 0 spiro atoms. The van der Waals surface area contributed by atoms with Gasteiger partial charge in [0.05, 0.1) is 12.8 Å². The van der Waals surface area contributed by atoms with Crippen molar-refractivity contribution >= 4 is 15.9 Å². The van der Waals surface area contributed by atoms with Gasteiger partial charge in [0.15, 0.2) is 0 Å². The topological polar surface area (TPSA) is 53.1 Å². The molecule has 4 nitrogen and oxygen atoms in total. The SMILES string of the molecule is Cn1cc(CCOc2ccc(Br)cc2CN)cn1. The summed E-state index contributed by atoms with van der Waals surface area (Å²) in [5.41, 5.74) is 7.87. The number of rotatable bonds is 5. The summed E-state index contributed by atoms with van der Waals surface area (Å²) in [7, 11) is 1.91. The van der Waals surface area contributed by atoms with Crippen LogP contribution >= 0.6 is 15.9 Å². The van der Waals surface area contributed by atoms with Crippen molar-refractivity contribution in [1.29, 1.82) is 0 Å². The van der Waals surface area contributed by atoms with E-state index >= 15 is 0 Å². The molecule has 5 heteroatoms. The van der Waals surface area contributed by atoms with E-state index in [0.29, 0.717) is 13.2 Å². The predicted molar refractivity (Wildman–Crippen MR) is 74.4 cm³/mol. The average Bonchev–Trinajstić information content (AvgIpc) is 2.77. The molecule has 0 amide bonds. The van der Waals surface area contributed by atoms with E-state index in [2.05, 4.69) is 21.0 Å². The van der Waals surface area contributed by atoms with Gasteiger partial charge in [-0.25, -0.2) is 0 Å². The molecule has 1 aromatic heterocycles. The van der Waals surface area contributed by atoms with Crippen molar-refractivity contribution < 1.29 is 4.74 Å². The molecule has 1 heterocycles. The Hall–Kier alpha value is -1.33. The minimum absolute atomic E-state index is 0.474. The van der Waals surface area contributed by atoms with Crippen LogP contribution in [0, 0.1) is 0 Å². The molecular weight excluding hydrogens is 294 g/mol. The minimum atomic E-state index is 0.474. The van der Waals surface area contributed by atoms with Crippen molar-refractivity contribution in [2.75, 3.05) is 6.61 Å². The molecule has 0 bridgehead atoms. The van der Waals surface area contributed by atoms with Gasteiger partial charge in [0.1, 0.15) is 5.75 Å². The van der Waals surface area contributed by atoms with Crippen LogP contribution in [0.2, 0.25) is 0 Å². The Kier molecular flexibility index (Phi) is 4.38. The number of hydrogen-bond acceptors (Lipinski definition) is 3. The van der Waals surface area contributed by atoms with Gasteiger partial charge in [-0.1, -0.05) is 15.9 Å². The van der Waals surface area contributed by atoms with Crippen LogP contribution in [0.4, 0.5) is 0 Å². The fraction of sp³-hybridized carbons (Fsp3) is 0.308. The van der Waals surface area contributed by atoms with Crippen LogP contribution in [0.5, 0.6) is 5.75 Å². The summed E-state index contributed by atoms with van der Waals surface area (Å²) in [6.07, 6.45) is 4.69. The standard InChI is InChI=1S/C13H16BrN3O/c1-17-9-10(8-16-17)4-5-18-13-3-2-12(14)6-11(13)7-15/h2-3,6,8-9H,4-5,7,15H2,1H3. The Morgan fingerprint density at radius 1 is 1.44 bits per heavy atom. The largest absolute Gasteiger partial charge is 0.493 e. The summed E-state index contributed by atoms with van der Waals surface area (Å²) < 4.78 is 8.57. The zero-order chi connectivity index (χ0) is 13.0. The third-order valence-corrected chi connectivity index (χ3v) is 3.14. The van der Waals surface area contributed by atoms with Crippen molar-refractivity contribution in [3.05, 3.63) is 46.2 Å². The van der Waals surface area contributed by atoms with E-state index in [0.717, 1.165) is 22.2 Å². The minimum Gasteiger partial charge on any atom is -0.493 e. The molecule has 0 fully saturated rings. The third-order valence-electron chi connectivity index (χ3n) is 2.65. The van der Waals surface area contributed by atoms with Crippen LogP contribution in [0.3, 0.4) is 0 Å². The molecule has 0 atom stereocenters. The number of halogens is 1. The lowest BCUT2D eigenvalue weighted by Gasteiger charge is -2.10. The van der Waals surface area contributed by atoms with Crippen molar-refractivity contribution in [3.63, 3.8) is 0 Å². The molecule has 2 rings (SSSR count). The summed E-state index contributed by atoms with van der Waals surface area (Å²) in [6.45, 7) is 1.10. The fourth-order valence-corrected chi connectivity index (χ4v) is 2.14. The van der Waals surface area contributed by atoms with Crippen LogP contribution in [-0.2, 0) is 20.0 Å². The number of aromatic nitrogens is 2. The van der Waals surface area contributed by atoms with Crippen LogP contribution in [0.15, 0.2) is 35.1 Å². The predicted octanol–water partition coefficient (Wildman–Crippen LogP) is 2.26. The molecule has 1 aromatic carbocycles. The Morgan fingerprint density at radius 2 is 2.28 bits per heavy atom. The molecule has 0 aliphatic rings. The fourth-order valence-electron chi connectivity index (χ4n) is 1.73. The molecule has 0 aliphatic heterocycles. The summed E-state index contributed by atoms with van der Waals surface area (Å²) in [5.74, 6) is 0.851. The summed E-state index contributed by atoms with van der Waals surface area (Å²) in [6, 6.07) is 5.88. The molecule has 0 radical (unpaired) electrons. The van der Waals surface area contributed by atoms with E-state index in [9.17, 15) is 0 Å². The molecule has 18 heavy (non-hydrogen) atoms. The monoisotopic (exact) mass is 309 g/mol. The third kappa shape index (κ3) is 3.34. The summed E-state index contributed by atoms with van der Waals surface area (Å²) in [5, 5.41) is 4.12. The molecular formula is C13H16BrN3O. The van der Waals surface area contributed by atoms with Crippen molar-refractivity contribution in [3.8, 4) is 5.75 Å². The number of benzene rings is 1. The van der Waals surface area contributed by atoms with Gasteiger partial charge < -0.3 is 10.5 Å². The Balaban J connectivity index is 1.94. The van der Waals surface area contributed by atoms with Crippen LogP contribution in [0.1, 0.15) is 11.1 Å². The quantitative estimate of drug-likeness (QED) is 0.921. The molecule has 0 aliphatic carbocycles. The van der Waals surface area contributed by atoms with E-state index < -0.39 is 0 Å². The van der Waals surface area contributed by atoms with Crippen molar-refractivity contribution in [1.82, 2.24) is 9.78 Å². The van der Waals surface area contributed by atoms with Crippen LogP contribution in [-0.4, -0.2) is 16.4 Å². The first kappa shape index (κ1) is 13.1. The normalized spacial score (nSPS) is 10.6. The first-order valence-electron chi connectivity index (χ1n) is 5.78. The molecule has 0 unspecified atom stereocenters. The van der Waals surface area contributed by atoms with Gasteiger partial charge in [0.25, 0.3) is 0 Å². The van der Waals surface area contributed by atoms with Gasteiger partial charge in [-0.15, -0.1) is 0 Å². The number of aryl methyl sites for hydroxylation is 1. The number of ether oxygens (including phenoxy) is 1. The van der Waals surface area contributed by atoms with Crippen LogP contribution in [0.25, 0.3) is 0 Å². The average molecular weight is 310 g/mol. The number of hydrogen-bond donors (Lipinski definition) is 1. The van der Waals surface area contributed by atoms with E-state index in [-0.39, 0.29) is 0 Å². The zero-order valence-corrected chi connectivity index (χ0v) is 11.9. The lowest BCUT2D eigenvalue weighted by Crippen LogP contribution is -2.05. The highest BCUT2D eigenvalue weighted by Crippen LogP contribution is 2.22. The Labute approximate surface area is 115 Å². The zero-order valence-electron chi connectivity index (χ0n) is 10.3. The van der Waals surface area contributed by atoms with Gasteiger partial charge in [-0.3, -0.25) is 4.68 Å². The Morgan fingerprint density at radius 3 is 2.94 bits per heavy atom. The van der Waals surface area contributed by atoms with Gasteiger partial charge in [0.2, 0.25) is 0 Å². The highest BCUT2D eigenvalue weighted by atomic mass is 79.9. The highest BCUT2D eigenvalue weighted by molar-refractivity contribution is 9.10. The van der Waals surface area contributed by atoms with E-state index in [1.54, 1.807) is 4.68 Å². The second-order valence-corrected chi connectivity index (χ2v) is 4.99. The first-order valence-corrected chi connectivity index (χ1v) is 6.57. The summed E-state index contributed by atoms with van der Waals surface area (Å²) >= 11 is 3.42. The Bertz CT molecular complexity index is 525. The van der Waals surface area contributed by atoms with E-state index in [1.807, 2.05) is 37.6 Å². The maximum Gasteiger partial charge on any atom is 0.123 e. The van der Waals surface area contributed by atoms with Crippen molar-refractivity contribution in [2.45, 2.75) is 13.0 Å². The lowest BCUT2D eigenvalue weighted by atomic mass is 10.2. The van der Waals surface area contributed by atoms with Crippen LogP contribution < -0.4 is 10.5 Å². The van der Waals surface area contributed by atoms with Gasteiger partial charge >= 0.3 is 0 Å². The molecule has 2 aromatic rings. The molecule has 0 saturated carbocycles. The lowest BCUT2D eigenvalue weighted by molar-refractivity contribution is 0.318. The van der Waals surface area contributed by atoms with Crippen molar-refractivity contribution in [2.24, 2.45) is 12.8 Å². The maximum atomic E-state index is 5.76. The molecule has 2 N–H and O–H groups in total. The van der Waals surface area contributed by atoms with Gasteiger partial charge in [-0.05, 0) is 23.8 Å². The summed E-state index contributed by atoms with van der Waals surface area (Å²) in [4.78, 5) is 0. The van der Waals surface area contributed by atoms with E-state index in [4.69, 9.17) is 10.5 Å². The smallest absolute Gasteiger partial charge is 0.123 e. The second kappa shape index (κ2) is 6.02. The highest BCUT2D eigenvalue weighted by Gasteiger charge is 2.03.